The summed E-state index contributed by atoms with van der Waals surface area (Å²) in [6.07, 6.45) is -4.63. The van der Waals surface area contributed by atoms with Gasteiger partial charge in [0.1, 0.15) is 0 Å². The van der Waals surface area contributed by atoms with E-state index in [1.807, 2.05) is 0 Å². The van der Waals surface area contributed by atoms with Crippen LogP contribution in [0.4, 0.5) is 18.9 Å². The van der Waals surface area contributed by atoms with E-state index in [1.54, 1.807) is 60.7 Å². The van der Waals surface area contributed by atoms with E-state index >= 15 is 0 Å². The molecule has 3 rings (SSSR count). The third-order valence-electron chi connectivity index (χ3n) is 5.62. The normalized spacial score (nSPS) is 13.4. The molecular formula is C25H21Cl3F3NO2. The molecule has 0 spiro atoms. The number of halogens is 6. The molecule has 0 radical (unpaired) electrons. The summed E-state index contributed by atoms with van der Waals surface area (Å²) in [6.45, 7) is 1.11. The summed E-state index contributed by atoms with van der Waals surface area (Å²) in [5.74, 6) is -3.53. The first-order chi connectivity index (χ1) is 16.0. The maximum Gasteiger partial charge on any atom is 0.392 e. The van der Waals surface area contributed by atoms with Gasteiger partial charge in [0.2, 0.25) is 0 Å². The first-order valence-corrected chi connectivity index (χ1v) is 11.4. The lowest BCUT2D eigenvalue weighted by Crippen LogP contribution is -2.30. The molecule has 0 aliphatic rings. The highest BCUT2D eigenvalue weighted by Crippen LogP contribution is 2.39. The smallest absolute Gasteiger partial charge is 0.392 e. The molecule has 180 valence electrons. The van der Waals surface area contributed by atoms with E-state index in [9.17, 15) is 23.1 Å². The second-order valence-corrected chi connectivity index (χ2v) is 9.22. The molecule has 0 amide bonds. The molecular weight excluding hydrogens is 510 g/mol. The van der Waals surface area contributed by atoms with Gasteiger partial charge in [0.15, 0.2) is 0 Å². The van der Waals surface area contributed by atoms with Crippen LogP contribution in [0.25, 0.3) is 11.1 Å². The number of aliphatic carboxylic acids is 1. The molecule has 0 heterocycles. The van der Waals surface area contributed by atoms with Crippen LogP contribution < -0.4 is 5.32 Å². The summed E-state index contributed by atoms with van der Waals surface area (Å²) >= 11 is 18.3. The van der Waals surface area contributed by atoms with E-state index in [0.29, 0.717) is 43.0 Å². The minimum atomic E-state index is -4.40. The van der Waals surface area contributed by atoms with E-state index in [2.05, 4.69) is 5.32 Å². The van der Waals surface area contributed by atoms with Crippen molar-refractivity contribution in [3.63, 3.8) is 0 Å². The molecule has 2 atom stereocenters. The fourth-order valence-electron chi connectivity index (χ4n) is 3.72. The van der Waals surface area contributed by atoms with Crippen molar-refractivity contribution in [2.24, 2.45) is 5.92 Å². The maximum atomic E-state index is 13.6. The van der Waals surface area contributed by atoms with E-state index in [-0.39, 0.29) is 13.0 Å². The maximum absolute atomic E-state index is 13.6. The summed E-state index contributed by atoms with van der Waals surface area (Å²) < 4.78 is 40.8. The highest BCUT2D eigenvalue weighted by Gasteiger charge is 2.41. The molecule has 2 unspecified atom stereocenters. The summed E-state index contributed by atoms with van der Waals surface area (Å²) in [5.41, 5.74) is 2.74. The number of rotatable bonds is 8. The first-order valence-electron chi connectivity index (χ1n) is 10.3. The molecule has 0 aromatic heterocycles. The Morgan fingerprint density at radius 2 is 1.62 bits per heavy atom. The molecule has 0 fully saturated rings. The molecule has 0 saturated heterocycles. The van der Waals surface area contributed by atoms with Gasteiger partial charge in [-0.05, 0) is 58.7 Å². The first kappa shape index (κ1) is 26.2. The van der Waals surface area contributed by atoms with Gasteiger partial charge in [-0.3, -0.25) is 4.79 Å². The number of carboxylic acid groups (broad SMARTS) is 1. The Bertz CT molecular complexity index is 1170. The lowest BCUT2D eigenvalue weighted by atomic mass is 9.86. The zero-order valence-electron chi connectivity index (χ0n) is 18.0. The molecule has 3 aromatic carbocycles. The average Bonchev–Trinajstić information content (AvgIpc) is 2.75. The van der Waals surface area contributed by atoms with Crippen molar-refractivity contribution >= 4 is 46.5 Å². The minimum absolute atomic E-state index is 0.0336. The van der Waals surface area contributed by atoms with Gasteiger partial charge in [-0.25, -0.2) is 0 Å². The van der Waals surface area contributed by atoms with Crippen molar-refractivity contribution in [2.45, 2.75) is 25.4 Å². The van der Waals surface area contributed by atoms with Crippen molar-refractivity contribution in [2.75, 3.05) is 11.9 Å². The number of nitrogens with one attached hydrogen (secondary N) is 1. The van der Waals surface area contributed by atoms with Crippen LogP contribution in [0.15, 0.2) is 60.7 Å². The number of hydrogen-bond donors (Lipinski definition) is 2. The molecule has 0 aliphatic heterocycles. The third-order valence-corrected chi connectivity index (χ3v) is 6.43. The predicted molar refractivity (Wildman–Crippen MR) is 131 cm³/mol. The number of anilines is 1. The number of benzene rings is 3. The fraction of sp³-hybridized carbons (Fsp3) is 0.240. The number of alkyl halides is 3. The largest absolute Gasteiger partial charge is 0.481 e. The predicted octanol–water partition coefficient (Wildman–Crippen LogP) is 8.34. The van der Waals surface area contributed by atoms with Crippen molar-refractivity contribution in [3.05, 3.63) is 86.9 Å². The van der Waals surface area contributed by atoms with E-state index in [0.717, 1.165) is 6.92 Å². The quantitative estimate of drug-likeness (QED) is 0.308. The van der Waals surface area contributed by atoms with Crippen molar-refractivity contribution in [1.29, 1.82) is 0 Å². The summed E-state index contributed by atoms with van der Waals surface area (Å²) in [7, 11) is 0. The molecule has 2 N–H and O–H groups in total. The molecule has 3 aromatic rings. The van der Waals surface area contributed by atoms with Gasteiger partial charge in [-0.2, -0.15) is 13.2 Å². The summed E-state index contributed by atoms with van der Waals surface area (Å²) in [5, 5.41) is 13.5. The molecule has 3 nitrogen and oxygen atoms in total. The van der Waals surface area contributed by atoms with E-state index in [1.165, 1.54) is 0 Å². The number of carboxylic acids is 1. The van der Waals surface area contributed by atoms with Crippen LogP contribution in [-0.4, -0.2) is 23.8 Å². The van der Waals surface area contributed by atoms with Crippen LogP contribution in [0, 0.1) is 5.92 Å². The summed E-state index contributed by atoms with van der Waals surface area (Å²) in [6, 6.07) is 16.2. The average molecular weight is 531 g/mol. The highest BCUT2D eigenvalue weighted by atomic mass is 35.5. The van der Waals surface area contributed by atoms with Crippen molar-refractivity contribution in [1.82, 2.24) is 0 Å². The molecule has 0 saturated carbocycles. The second kappa shape index (κ2) is 10.9. The van der Waals surface area contributed by atoms with Crippen LogP contribution in [0.3, 0.4) is 0 Å². The molecule has 0 aliphatic carbocycles. The Morgan fingerprint density at radius 3 is 2.24 bits per heavy atom. The zero-order valence-corrected chi connectivity index (χ0v) is 20.2. The van der Waals surface area contributed by atoms with Crippen LogP contribution in [0.2, 0.25) is 15.1 Å². The van der Waals surface area contributed by atoms with Gasteiger partial charge in [0.25, 0.3) is 0 Å². The monoisotopic (exact) mass is 529 g/mol. The topological polar surface area (TPSA) is 49.3 Å². The molecule has 9 heteroatoms. The van der Waals surface area contributed by atoms with Gasteiger partial charge in [-0.1, -0.05) is 66.0 Å². The third kappa shape index (κ3) is 6.59. The Kier molecular flexibility index (Phi) is 8.39. The Labute approximate surface area is 210 Å². The Hall–Kier alpha value is -2.41. The van der Waals surface area contributed by atoms with Crippen LogP contribution in [0.5, 0.6) is 0 Å². The number of carbonyl (C=O) groups is 1. The lowest BCUT2D eigenvalue weighted by Gasteiger charge is -2.27. The van der Waals surface area contributed by atoms with Crippen molar-refractivity contribution < 1.29 is 23.1 Å². The van der Waals surface area contributed by atoms with Gasteiger partial charge in [0, 0.05) is 22.5 Å². The fourth-order valence-corrected chi connectivity index (χ4v) is 4.23. The molecule has 0 bridgehead atoms. The van der Waals surface area contributed by atoms with Gasteiger partial charge >= 0.3 is 12.1 Å². The second-order valence-electron chi connectivity index (χ2n) is 7.94. The SMILES string of the molecule is CC(C(CNc1cc(-c2ccc(Cl)cc2CC(=O)O)ccc1Cl)c1ccc(Cl)cc1)C(F)(F)F. The van der Waals surface area contributed by atoms with Gasteiger partial charge in [0.05, 0.1) is 23.0 Å². The standard InChI is InChI=1S/C25H21Cl3F3NO2/c1-14(25(29,30)31)21(15-2-5-18(26)6-3-15)13-32-23-11-16(4-9-22(23)28)20-8-7-19(27)10-17(20)12-24(33)34/h2-11,14,21,32H,12-13H2,1H3,(H,33,34). The van der Waals surface area contributed by atoms with Crippen LogP contribution in [0.1, 0.15) is 24.0 Å². The van der Waals surface area contributed by atoms with Gasteiger partial charge in [-0.15, -0.1) is 0 Å². The van der Waals surface area contributed by atoms with Crippen LogP contribution in [-0.2, 0) is 11.2 Å². The van der Waals surface area contributed by atoms with Crippen molar-refractivity contribution in [3.8, 4) is 11.1 Å². The van der Waals surface area contributed by atoms with Gasteiger partial charge < -0.3 is 10.4 Å². The zero-order chi connectivity index (χ0) is 25.0. The Morgan fingerprint density at radius 1 is 0.971 bits per heavy atom. The lowest BCUT2D eigenvalue weighted by molar-refractivity contribution is -0.174. The van der Waals surface area contributed by atoms with E-state index in [4.69, 9.17) is 34.8 Å². The summed E-state index contributed by atoms with van der Waals surface area (Å²) in [4.78, 5) is 11.3. The van der Waals surface area contributed by atoms with Crippen LogP contribution >= 0.6 is 34.8 Å². The number of hydrogen-bond acceptors (Lipinski definition) is 2. The van der Waals surface area contributed by atoms with E-state index < -0.39 is 24.0 Å². The Balaban J connectivity index is 1.93. The minimum Gasteiger partial charge on any atom is -0.481 e. The highest BCUT2D eigenvalue weighted by molar-refractivity contribution is 6.33. The molecule has 34 heavy (non-hydrogen) atoms.